The number of nitrogens with one attached hydrogen (secondary N) is 1. The van der Waals surface area contributed by atoms with Gasteiger partial charge in [0.05, 0.1) is 7.11 Å². The van der Waals surface area contributed by atoms with E-state index in [2.05, 4.69) is 4.98 Å². The normalized spacial score (nSPS) is 11.4. The predicted octanol–water partition coefficient (Wildman–Crippen LogP) is 2.30. The molecule has 1 aromatic carbocycles. The van der Waals surface area contributed by atoms with Crippen LogP contribution in [0.25, 0.3) is 10.9 Å². The van der Waals surface area contributed by atoms with Crippen molar-refractivity contribution in [2.75, 3.05) is 7.11 Å². The summed E-state index contributed by atoms with van der Waals surface area (Å²) in [7, 11) is 3.16. The fourth-order valence-corrected chi connectivity index (χ4v) is 3.20. The lowest BCUT2D eigenvalue weighted by Crippen LogP contribution is -2.45. The molecule has 6 nitrogen and oxygen atoms in total. The number of aromatic amines is 1. The molecule has 0 atom stereocenters. The van der Waals surface area contributed by atoms with Crippen LogP contribution in [-0.4, -0.2) is 16.7 Å². The monoisotopic (exact) mass is 341 g/mol. The van der Waals surface area contributed by atoms with E-state index in [-0.39, 0.29) is 23.1 Å². The first-order valence-electron chi connectivity index (χ1n) is 8.37. The Labute approximate surface area is 146 Å². The van der Waals surface area contributed by atoms with Gasteiger partial charge in [0.15, 0.2) is 0 Å². The molecular weight excluding hydrogens is 318 g/mol. The van der Waals surface area contributed by atoms with Gasteiger partial charge < -0.3 is 19.5 Å². The van der Waals surface area contributed by atoms with E-state index in [4.69, 9.17) is 4.74 Å². The number of rotatable bonds is 5. The Morgan fingerprint density at radius 2 is 2.04 bits per heavy atom. The van der Waals surface area contributed by atoms with Crippen LogP contribution in [0.4, 0.5) is 0 Å². The van der Waals surface area contributed by atoms with Crippen LogP contribution in [0.1, 0.15) is 30.8 Å². The number of para-hydroxylation sites is 1. The molecule has 3 aromatic rings. The summed E-state index contributed by atoms with van der Waals surface area (Å²) in [6, 6.07) is 7.94. The van der Waals surface area contributed by atoms with Crippen molar-refractivity contribution in [1.29, 1.82) is 0 Å². The van der Waals surface area contributed by atoms with Crippen molar-refractivity contribution in [2.24, 2.45) is 13.0 Å². The number of hydrogen-bond donors (Lipinski definition) is 1. The second-order valence-corrected chi connectivity index (χ2v) is 6.70. The topological polar surface area (TPSA) is 74.0 Å². The molecule has 0 radical (unpaired) electrons. The van der Waals surface area contributed by atoms with Gasteiger partial charge in [-0.3, -0.25) is 4.79 Å². The molecule has 2 heterocycles. The van der Waals surface area contributed by atoms with Crippen LogP contribution in [0, 0.1) is 11.1 Å². The maximum atomic E-state index is 12.7. The molecular formula is C19H23N3O3. The minimum Gasteiger partial charge on any atom is -0.616 e. The molecule has 0 fully saturated rings. The number of nitrogens with zero attached hydrogens (tertiary/aromatic N) is 2. The number of methoxy groups -OCH3 is 1. The SMILES string of the molecule is COc1c(Cc2c[nH]c3ccccc23)n(C)c(=O)c(CC(C)C)[n+]1[O-]. The Balaban J connectivity index is 2.14. The molecule has 2 aromatic heterocycles. The van der Waals surface area contributed by atoms with Crippen LogP contribution in [0.5, 0.6) is 5.88 Å². The highest BCUT2D eigenvalue weighted by Gasteiger charge is 2.26. The predicted molar refractivity (Wildman–Crippen MR) is 96.8 cm³/mol. The molecule has 6 heteroatoms. The molecule has 0 spiro atoms. The summed E-state index contributed by atoms with van der Waals surface area (Å²) in [6.07, 6.45) is 2.76. The third-order valence-electron chi connectivity index (χ3n) is 4.46. The zero-order valence-corrected chi connectivity index (χ0v) is 15.0. The van der Waals surface area contributed by atoms with E-state index in [1.165, 1.54) is 11.7 Å². The molecule has 0 saturated heterocycles. The highest BCUT2D eigenvalue weighted by atomic mass is 16.5. The Morgan fingerprint density at radius 1 is 1.32 bits per heavy atom. The molecule has 0 aliphatic carbocycles. The van der Waals surface area contributed by atoms with Gasteiger partial charge in [0, 0.05) is 37.0 Å². The van der Waals surface area contributed by atoms with Crippen molar-refractivity contribution in [3.05, 3.63) is 63.0 Å². The highest BCUT2D eigenvalue weighted by molar-refractivity contribution is 5.83. The van der Waals surface area contributed by atoms with Crippen molar-refractivity contribution in [2.45, 2.75) is 26.7 Å². The first kappa shape index (κ1) is 17.1. The van der Waals surface area contributed by atoms with Gasteiger partial charge in [0.2, 0.25) is 0 Å². The quantitative estimate of drug-likeness (QED) is 0.571. The summed E-state index contributed by atoms with van der Waals surface area (Å²) in [4.78, 5) is 15.9. The third kappa shape index (κ3) is 2.99. The maximum Gasteiger partial charge on any atom is 0.400 e. The number of ether oxygens (including phenoxy) is 1. The zero-order valence-electron chi connectivity index (χ0n) is 15.0. The fourth-order valence-electron chi connectivity index (χ4n) is 3.20. The first-order valence-corrected chi connectivity index (χ1v) is 8.37. The van der Waals surface area contributed by atoms with Crippen LogP contribution in [0.2, 0.25) is 0 Å². The molecule has 3 rings (SSSR count). The number of aromatic nitrogens is 3. The third-order valence-corrected chi connectivity index (χ3v) is 4.46. The minimum atomic E-state index is -0.264. The number of benzene rings is 1. The van der Waals surface area contributed by atoms with Crippen LogP contribution in [-0.2, 0) is 19.9 Å². The summed E-state index contributed by atoms with van der Waals surface area (Å²) in [5.41, 5.74) is 2.56. The summed E-state index contributed by atoms with van der Waals surface area (Å²) in [5, 5.41) is 13.8. The Kier molecular flexibility index (Phi) is 4.53. The zero-order chi connectivity index (χ0) is 18.1. The number of H-pyrrole nitrogens is 1. The van der Waals surface area contributed by atoms with Gasteiger partial charge in [-0.1, -0.05) is 32.0 Å². The van der Waals surface area contributed by atoms with E-state index in [1.54, 1.807) is 7.05 Å². The van der Waals surface area contributed by atoms with Crippen molar-refractivity contribution in [3.63, 3.8) is 0 Å². The lowest BCUT2D eigenvalue weighted by Gasteiger charge is -2.15. The molecule has 132 valence electrons. The van der Waals surface area contributed by atoms with Crippen molar-refractivity contribution >= 4 is 10.9 Å². The van der Waals surface area contributed by atoms with Gasteiger partial charge in [0.25, 0.3) is 5.69 Å². The molecule has 0 aliphatic rings. The van der Waals surface area contributed by atoms with Gasteiger partial charge in [0.1, 0.15) is 5.69 Å². The Bertz CT molecular complexity index is 970. The van der Waals surface area contributed by atoms with Crippen molar-refractivity contribution in [3.8, 4) is 5.88 Å². The van der Waals surface area contributed by atoms with E-state index in [0.717, 1.165) is 16.5 Å². The molecule has 0 unspecified atom stereocenters. The van der Waals surface area contributed by atoms with Crippen molar-refractivity contribution in [1.82, 2.24) is 9.55 Å². The maximum absolute atomic E-state index is 12.7. The molecule has 0 amide bonds. The Morgan fingerprint density at radius 3 is 2.72 bits per heavy atom. The second kappa shape index (κ2) is 6.63. The highest BCUT2D eigenvalue weighted by Crippen LogP contribution is 2.23. The number of fused-ring (bicyclic) bond motifs is 1. The molecule has 1 N–H and O–H groups in total. The van der Waals surface area contributed by atoms with Crippen LogP contribution in [0.3, 0.4) is 0 Å². The second-order valence-electron chi connectivity index (χ2n) is 6.70. The lowest BCUT2D eigenvalue weighted by atomic mass is 10.1. The van der Waals surface area contributed by atoms with Gasteiger partial charge in [-0.2, -0.15) is 0 Å². The van der Waals surface area contributed by atoms with E-state index >= 15 is 0 Å². The fraction of sp³-hybridized carbons (Fsp3) is 0.368. The molecule has 0 aliphatic heterocycles. The minimum absolute atomic E-state index is 0.183. The average Bonchev–Trinajstić information content (AvgIpc) is 3.00. The van der Waals surface area contributed by atoms with Gasteiger partial charge in [-0.15, -0.1) is 4.73 Å². The van der Waals surface area contributed by atoms with Crippen LogP contribution >= 0.6 is 0 Å². The molecule has 25 heavy (non-hydrogen) atoms. The van der Waals surface area contributed by atoms with Crippen LogP contribution < -0.4 is 15.0 Å². The largest absolute Gasteiger partial charge is 0.616 e. The summed E-state index contributed by atoms with van der Waals surface area (Å²) < 4.78 is 7.57. The van der Waals surface area contributed by atoms with Gasteiger partial charge >= 0.3 is 11.4 Å². The summed E-state index contributed by atoms with van der Waals surface area (Å²) in [5.74, 6) is 0.389. The summed E-state index contributed by atoms with van der Waals surface area (Å²) >= 11 is 0. The van der Waals surface area contributed by atoms with E-state index < -0.39 is 0 Å². The van der Waals surface area contributed by atoms with Gasteiger partial charge in [-0.25, -0.2) is 0 Å². The van der Waals surface area contributed by atoms with Crippen LogP contribution in [0.15, 0.2) is 35.3 Å². The smallest absolute Gasteiger partial charge is 0.400 e. The average molecular weight is 341 g/mol. The standard InChI is InChI=1S/C19H23N3O3/c1-12(2)9-16-18(23)21(3)17(19(25-4)22(16)24)10-13-11-20-15-8-6-5-7-14(13)15/h5-8,11-12,20H,9-10H2,1-4H3. The van der Waals surface area contributed by atoms with E-state index in [0.29, 0.717) is 23.3 Å². The van der Waals surface area contributed by atoms with E-state index in [1.807, 2.05) is 44.3 Å². The van der Waals surface area contributed by atoms with Gasteiger partial charge in [-0.05, 0) is 17.5 Å². The molecule has 0 bridgehead atoms. The van der Waals surface area contributed by atoms with Crippen molar-refractivity contribution < 1.29 is 9.47 Å². The summed E-state index contributed by atoms with van der Waals surface area (Å²) in [6.45, 7) is 3.96. The lowest BCUT2D eigenvalue weighted by molar-refractivity contribution is -0.623. The van der Waals surface area contributed by atoms with E-state index in [9.17, 15) is 10.0 Å². The first-order chi connectivity index (χ1) is 11.9. The number of hydrogen-bond acceptors (Lipinski definition) is 3. The molecule has 0 saturated carbocycles. The Hall–Kier alpha value is -2.76.